The number of nitrogens with two attached hydrogens (primary N) is 1. The first-order chi connectivity index (χ1) is 4.68. The first-order valence-electron chi connectivity index (χ1n) is 3.26. The fourth-order valence-electron chi connectivity index (χ4n) is 0.700. The molecule has 3 nitrogen and oxygen atoms in total. The van der Waals surface area contributed by atoms with E-state index in [0.29, 0.717) is 11.9 Å². The molecule has 1 aromatic rings. The van der Waals surface area contributed by atoms with E-state index in [1.807, 2.05) is 0 Å². The van der Waals surface area contributed by atoms with Crippen LogP contribution in [-0.2, 0) is 6.42 Å². The van der Waals surface area contributed by atoms with E-state index in [-0.39, 0.29) is 0 Å². The van der Waals surface area contributed by atoms with E-state index in [4.69, 9.17) is 5.73 Å². The average molecular weight is 157 g/mol. The molecule has 0 aliphatic carbocycles. The minimum atomic E-state index is 0.403. The first-order valence-corrected chi connectivity index (χ1v) is 4.04. The van der Waals surface area contributed by atoms with Gasteiger partial charge in [0, 0.05) is 6.42 Å². The van der Waals surface area contributed by atoms with E-state index in [1.165, 1.54) is 11.5 Å². The van der Waals surface area contributed by atoms with Crippen LogP contribution in [0.4, 0.5) is 5.95 Å². The monoisotopic (exact) mass is 157 g/mol. The summed E-state index contributed by atoms with van der Waals surface area (Å²) in [6, 6.07) is 0. The van der Waals surface area contributed by atoms with Crippen molar-refractivity contribution in [3.05, 3.63) is 5.01 Å². The molecule has 1 rings (SSSR count). The first kappa shape index (κ1) is 7.47. The van der Waals surface area contributed by atoms with Gasteiger partial charge in [0.25, 0.3) is 0 Å². The molecule has 0 unspecified atom stereocenters. The molecule has 0 saturated heterocycles. The van der Waals surface area contributed by atoms with E-state index in [2.05, 4.69) is 23.2 Å². The van der Waals surface area contributed by atoms with Crippen molar-refractivity contribution in [3.63, 3.8) is 0 Å². The second kappa shape index (κ2) is 2.96. The zero-order valence-corrected chi connectivity index (χ0v) is 6.98. The summed E-state index contributed by atoms with van der Waals surface area (Å²) in [5, 5.41) is 1.03. The third kappa shape index (κ3) is 1.95. The molecule has 0 amide bonds. The lowest BCUT2D eigenvalue weighted by atomic mass is 10.1. The van der Waals surface area contributed by atoms with E-state index in [0.717, 1.165) is 11.4 Å². The van der Waals surface area contributed by atoms with Gasteiger partial charge in [-0.05, 0) is 17.5 Å². The van der Waals surface area contributed by atoms with Crippen LogP contribution in [-0.4, -0.2) is 9.36 Å². The van der Waals surface area contributed by atoms with Crippen molar-refractivity contribution in [3.8, 4) is 0 Å². The van der Waals surface area contributed by atoms with Crippen LogP contribution < -0.4 is 5.73 Å². The maximum Gasteiger partial charge on any atom is 0.232 e. The minimum Gasteiger partial charge on any atom is -0.367 e. The Morgan fingerprint density at radius 3 is 2.70 bits per heavy atom. The third-order valence-electron chi connectivity index (χ3n) is 1.07. The van der Waals surface area contributed by atoms with Gasteiger partial charge >= 0.3 is 0 Å². The quantitative estimate of drug-likeness (QED) is 0.704. The lowest BCUT2D eigenvalue weighted by molar-refractivity contribution is 0.645. The Hall–Kier alpha value is -0.640. The molecule has 0 aliphatic heterocycles. The van der Waals surface area contributed by atoms with Crippen molar-refractivity contribution in [1.29, 1.82) is 0 Å². The molecule has 0 atom stereocenters. The zero-order chi connectivity index (χ0) is 7.56. The molecule has 10 heavy (non-hydrogen) atoms. The van der Waals surface area contributed by atoms with Gasteiger partial charge in [0.15, 0.2) is 0 Å². The maximum absolute atomic E-state index is 5.34. The van der Waals surface area contributed by atoms with Crippen LogP contribution >= 0.6 is 11.5 Å². The predicted octanol–water partition coefficient (Wildman–Crippen LogP) is 1.32. The normalized spacial score (nSPS) is 10.7. The van der Waals surface area contributed by atoms with Crippen molar-refractivity contribution in [1.82, 2.24) is 9.36 Å². The standard InChI is InChI=1S/C6H11N3S/c1-4(2)3-5-8-6(7)9-10-5/h4H,3H2,1-2H3,(H2,7,9). The molecular weight excluding hydrogens is 146 g/mol. The fraction of sp³-hybridized carbons (Fsp3) is 0.667. The van der Waals surface area contributed by atoms with Crippen molar-refractivity contribution in [2.24, 2.45) is 5.92 Å². The molecule has 4 heteroatoms. The number of nitrogen functional groups attached to an aromatic ring is 1. The van der Waals surface area contributed by atoms with Gasteiger partial charge in [-0.1, -0.05) is 13.8 Å². The Balaban J connectivity index is 2.58. The predicted molar refractivity (Wildman–Crippen MR) is 42.9 cm³/mol. The highest BCUT2D eigenvalue weighted by Gasteiger charge is 2.02. The summed E-state index contributed by atoms with van der Waals surface area (Å²) in [4.78, 5) is 4.04. The molecule has 56 valence electrons. The van der Waals surface area contributed by atoms with Crippen LogP contribution in [0.2, 0.25) is 0 Å². The summed E-state index contributed by atoms with van der Waals surface area (Å²) >= 11 is 1.39. The smallest absolute Gasteiger partial charge is 0.232 e. The molecule has 0 aliphatic rings. The summed E-state index contributed by atoms with van der Waals surface area (Å²) in [5.41, 5.74) is 5.34. The highest BCUT2D eigenvalue weighted by atomic mass is 32.1. The molecule has 2 N–H and O–H groups in total. The van der Waals surface area contributed by atoms with Gasteiger partial charge in [-0.2, -0.15) is 4.37 Å². The molecular formula is C6H11N3S. The van der Waals surface area contributed by atoms with Crippen LogP contribution in [0.15, 0.2) is 0 Å². The largest absolute Gasteiger partial charge is 0.367 e. The van der Waals surface area contributed by atoms with Crippen molar-refractivity contribution < 1.29 is 0 Å². The molecule has 1 heterocycles. The van der Waals surface area contributed by atoms with Crippen LogP contribution in [0, 0.1) is 5.92 Å². The number of hydrogen-bond acceptors (Lipinski definition) is 4. The SMILES string of the molecule is CC(C)Cc1nc(N)ns1. The molecule has 0 aromatic carbocycles. The van der Waals surface area contributed by atoms with Gasteiger partial charge < -0.3 is 5.73 Å². The van der Waals surface area contributed by atoms with Gasteiger partial charge in [0.2, 0.25) is 5.95 Å². The molecule has 0 bridgehead atoms. The van der Waals surface area contributed by atoms with Crippen LogP contribution in [0.1, 0.15) is 18.9 Å². The summed E-state index contributed by atoms with van der Waals surface area (Å²) in [7, 11) is 0. The number of hydrogen-bond donors (Lipinski definition) is 1. The molecule has 1 aromatic heterocycles. The van der Waals surface area contributed by atoms with Crippen LogP contribution in [0.5, 0.6) is 0 Å². The summed E-state index contributed by atoms with van der Waals surface area (Å²) in [6.07, 6.45) is 0.981. The van der Waals surface area contributed by atoms with E-state index >= 15 is 0 Å². The van der Waals surface area contributed by atoms with E-state index < -0.39 is 0 Å². The van der Waals surface area contributed by atoms with Crippen LogP contribution in [0.3, 0.4) is 0 Å². The summed E-state index contributed by atoms with van der Waals surface area (Å²) in [5.74, 6) is 1.04. The van der Waals surface area contributed by atoms with Gasteiger partial charge in [-0.3, -0.25) is 0 Å². The summed E-state index contributed by atoms with van der Waals surface area (Å²) < 4.78 is 3.88. The van der Waals surface area contributed by atoms with Gasteiger partial charge in [-0.25, -0.2) is 4.98 Å². The Kier molecular flexibility index (Phi) is 2.21. The van der Waals surface area contributed by atoms with Crippen molar-refractivity contribution in [2.75, 3.05) is 5.73 Å². The van der Waals surface area contributed by atoms with Gasteiger partial charge in [0.1, 0.15) is 5.01 Å². The lowest BCUT2D eigenvalue weighted by Crippen LogP contribution is -1.93. The zero-order valence-electron chi connectivity index (χ0n) is 6.16. The van der Waals surface area contributed by atoms with Crippen molar-refractivity contribution in [2.45, 2.75) is 20.3 Å². The second-order valence-electron chi connectivity index (χ2n) is 2.64. The summed E-state index contributed by atoms with van der Waals surface area (Å²) in [6.45, 7) is 4.30. The number of aromatic nitrogens is 2. The Bertz CT molecular complexity index is 207. The van der Waals surface area contributed by atoms with Crippen LogP contribution in [0.25, 0.3) is 0 Å². The molecule has 0 spiro atoms. The Morgan fingerprint density at radius 2 is 2.30 bits per heavy atom. The van der Waals surface area contributed by atoms with Gasteiger partial charge in [-0.15, -0.1) is 0 Å². The van der Waals surface area contributed by atoms with E-state index in [1.54, 1.807) is 0 Å². The number of nitrogens with zero attached hydrogens (tertiary/aromatic N) is 2. The van der Waals surface area contributed by atoms with Crippen molar-refractivity contribution >= 4 is 17.5 Å². The number of rotatable bonds is 2. The minimum absolute atomic E-state index is 0.403. The topological polar surface area (TPSA) is 51.8 Å². The molecule has 0 fully saturated rings. The van der Waals surface area contributed by atoms with E-state index in [9.17, 15) is 0 Å². The maximum atomic E-state index is 5.34. The molecule has 0 radical (unpaired) electrons. The number of anilines is 1. The highest BCUT2D eigenvalue weighted by Crippen LogP contribution is 2.10. The lowest BCUT2D eigenvalue weighted by Gasteiger charge is -1.96. The highest BCUT2D eigenvalue weighted by molar-refractivity contribution is 7.05. The fourth-order valence-corrected chi connectivity index (χ4v) is 1.48. The van der Waals surface area contributed by atoms with Gasteiger partial charge in [0.05, 0.1) is 0 Å². The average Bonchev–Trinajstić information content (AvgIpc) is 2.13. The molecule has 0 saturated carbocycles. The third-order valence-corrected chi connectivity index (χ3v) is 1.81. The Labute approximate surface area is 64.5 Å². The second-order valence-corrected chi connectivity index (χ2v) is 3.48. The Morgan fingerprint density at radius 1 is 1.60 bits per heavy atom.